The van der Waals surface area contributed by atoms with Gasteiger partial charge in [0.25, 0.3) is 0 Å². The Hall–Kier alpha value is -1.80. The molecule has 1 unspecified atom stereocenters. The maximum atomic E-state index is 12.7. The van der Waals surface area contributed by atoms with E-state index in [4.69, 9.17) is 0 Å². The Morgan fingerprint density at radius 2 is 1.84 bits per heavy atom. The molecule has 1 aromatic rings. The highest BCUT2D eigenvalue weighted by atomic mass is 32.2. The van der Waals surface area contributed by atoms with Gasteiger partial charge in [0, 0.05) is 6.42 Å². The van der Waals surface area contributed by atoms with Crippen molar-refractivity contribution in [1.82, 2.24) is 10.0 Å². The Morgan fingerprint density at radius 1 is 1.21 bits per heavy atom. The van der Waals surface area contributed by atoms with E-state index in [0.29, 0.717) is 0 Å². The molecule has 1 atom stereocenters. The van der Waals surface area contributed by atoms with Gasteiger partial charge >= 0.3 is 0 Å². The molecular formula is C11H11FN2O4S. The third-order valence-electron chi connectivity index (χ3n) is 2.66. The molecular weight excluding hydrogens is 275 g/mol. The number of hydrogen-bond acceptors (Lipinski definition) is 4. The van der Waals surface area contributed by atoms with Crippen LogP contribution < -0.4 is 10.0 Å². The average Bonchev–Trinajstić information content (AvgIpc) is 2.33. The molecule has 0 saturated carbocycles. The third-order valence-corrected chi connectivity index (χ3v) is 4.15. The van der Waals surface area contributed by atoms with E-state index >= 15 is 0 Å². The molecule has 0 spiro atoms. The summed E-state index contributed by atoms with van der Waals surface area (Å²) in [6.07, 6.45) is 0.174. The minimum absolute atomic E-state index is 0.0718. The van der Waals surface area contributed by atoms with E-state index in [2.05, 4.69) is 4.72 Å². The summed E-state index contributed by atoms with van der Waals surface area (Å²) in [6.45, 7) is 0. The summed E-state index contributed by atoms with van der Waals surface area (Å²) < 4.78 is 38.8. The molecule has 0 bridgehead atoms. The lowest BCUT2D eigenvalue weighted by Gasteiger charge is -2.21. The second-order valence-corrected chi connectivity index (χ2v) is 5.79. The largest absolute Gasteiger partial charge is 0.295 e. The minimum atomic E-state index is -3.92. The lowest BCUT2D eigenvalue weighted by Crippen LogP contribution is -2.52. The number of sulfonamides is 1. The molecule has 0 aromatic heterocycles. The van der Waals surface area contributed by atoms with Crippen LogP contribution in [0.1, 0.15) is 12.8 Å². The number of hydrogen-bond donors (Lipinski definition) is 2. The van der Waals surface area contributed by atoms with Crippen LogP contribution in [0.25, 0.3) is 0 Å². The van der Waals surface area contributed by atoms with E-state index in [-0.39, 0.29) is 17.7 Å². The number of piperidine rings is 1. The van der Waals surface area contributed by atoms with E-state index in [0.717, 1.165) is 24.3 Å². The molecule has 1 fully saturated rings. The van der Waals surface area contributed by atoms with Gasteiger partial charge in [0.05, 0.1) is 4.90 Å². The average molecular weight is 286 g/mol. The molecule has 8 heteroatoms. The number of nitrogens with one attached hydrogen (secondary N) is 2. The number of benzene rings is 1. The van der Waals surface area contributed by atoms with Crippen LogP contribution >= 0.6 is 0 Å². The second-order valence-electron chi connectivity index (χ2n) is 4.08. The van der Waals surface area contributed by atoms with Gasteiger partial charge < -0.3 is 0 Å². The van der Waals surface area contributed by atoms with E-state index in [9.17, 15) is 22.4 Å². The van der Waals surface area contributed by atoms with Gasteiger partial charge in [-0.1, -0.05) is 0 Å². The van der Waals surface area contributed by atoms with Crippen molar-refractivity contribution >= 4 is 21.8 Å². The SMILES string of the molecule is O=C1CCC(NS(=O)(=O)c2ccc(F)cc2)C(=O)N1. The van der Waals surface area contributed by atoms with Gasteiger partial charge in [0.1, 0.15) is 11.9 Å². The van der Waals surface area contributed by atoms with Crippen LogP contribution in [0.5, 0.6) is 0 Å². The zero-order valence-corrected chi connectivity index (χ0v) is 10.5. The first-order valence-corrected chi connectivity index (χ1v) is 6.98. The summed E-state index contributed by atoms with van der Waals surface area (Å²) >= 11 is 0. The molecule has 6 nitrogen and oxygen atoms in total. The maximum Gasteiger partial charge on any atom is 0.244 e. The fraction of sp³-hybridized carbons (Fsp3) is 0.273. The summed E-state index contributed by atoms with van der Waals surface area (Å²) in [5, 5.41) is 2.05. The van der Waals surface area contributed by atoms with Crippen LogP contribution in [-0.2, 0) is 19.6 Å². The topological polar surface area (TPSA) is 92.3 Å². The number of imide groups is 1. The van der Waals surface area contributed by atoms with Crippen molar-refractivity contribution in [2.75, 3.05) is 0 Å². The van der Waals surface area contributed by atoms with Gasteiger partial charge in [-0.05, 0) is 30.7 Å². The van der Waals surface area contributed by atoms with E-state index in [1.54, 1.807) is 0 Å². The highest BCUT2D eigenvalue weighted by molar-refractivity contribution is 7.89. The highest BCUT2D eigenvalue weighted by Gasteiger charge is 2.30. The smallest absolute Gasteiger partial charge is 0.244 e. The Bertz CT molecular complexity index is 612. The monoisotopic (exact) mass is 286 g/mol. The number of rotatable bonds is 3. The molecule has 2 N–H and O–H groups in total. The zero-order valence-electron chi connectivity index (χ0n) is 9.72. The lowest BCUT2D eigenvalue weighted by molar-refractivity contribution is -0.134. The van der Waals surface area contributed by atoms with E-state index in [1.807, 2.05) is 5.32 Å². The van der Waals surface area contributed by atoms with E-state index in [1.165, 1.54) is 0 Å². The van der Waals surface area contributed by atoms with E-state index < -0.39 is 33.7 Å². The van der Waals surface area contributed by atoms with Crippen LogP contribution in [0, 0.1) is 5.82 Å². The lowest BCUT2D eigenvalue weighted by atomic mass is 10.1. The first-order valence-electron chi connectivity index (χ1n) is 5.50. The van der Waals surface area contributed by atoms with Crippen molar-refractivity contribution in [1.29, 1.82) is 0 Å². The molecule has 1 aliphatic heterocycles. The van der Waals surface area contributed by atoms with Crippen molar-refractivity contribution in [2.45, 2.75) is 23.8 Å². The summed E-state index contributed by atoms with van der Waals surface area (Å²) in [4.78, 5) is 22.3. The van der Waals surface area contributed by atoms with Crippen LogP contribution in [0.2, 0.25) is 0 Å². The Morgan fingerprint density at radius 3 is 2.42 bits per heavy atom. The maximum absolute atomic E-state index is 12.7. The third kappa shape index (κ3) is 3.15. The van der Waals surface area contributed by atoms with Crippen LogP contribution in [0.4, 0.5) is 4.39 Å². The van der Waals surface area contributed by atoms with Crippen molar-refractivity contribution in [3.05, 3.63) is 30.1 Å². The normalized spacial score (nSPS) is 20.2. The summed E-state index contributed by atoms with van der Waals surface area (Å²) in [7, 11) is -3.92. The first kappa shape index (κ1) is 13.6. The molecule has 19 heavy (non-hydrogen) atoms. The fourth-order valence-electron chi connectivity index (χ4n) is 1.68. The molecule has 2 amide bonds. The fourth-order valence-corrected chi connectivity index (χ4v) is 2.90. The quantitative estimate of drug-likeness (QED) is 0.759. The zero-order chi connectivity index (χ0) is 14.0. The van der Waals surface area contributed by atoms with Crippen LogP contribution in [0.15, 0.2) is 29.2 Å². The second kappa shape index (κ2) is 5.06. The van der Waals surface area contributed by atoms with Gasteiger partial charge in [-0.3, -0.25) is 14.9 Å². The molecule has 1 heterocycles. The molecule has 1 aliphatic rings. The standard InChI is InChI=1S/C11H11FN2O4S/c12-7-1-3-8(4-2-7)19(17,18)14-9-5-6-10(15)13-11(9)16/h1-4,9,14H,5-6H2,(H,13,15,16). The number of carbonyl (C=O) groups excluding carboxylic acids is 2. The van der Waals surface area contributed by atoms with Crippen molar-refractivity contribution < 1.29 is 22.4 Å². The van der Waals surface area contributed by atoms with Gasteiger partial charge in [-0.2, -0.15) is 4.72 Å². The molecule has 2 rings (SSSR count). The summed E-state index contributed by atoms with van der Waals surface area (Å²) in [5.74, 6) is -1.66. The molecule has 0 aliphatic carbocycles. The van der Waals surface area contributed by atoms with Crippen molar-refractivity contribution in [3.8, 4) is 0 Å². The number of carbonyl (C=O) groups is 2. The molecule has 102 valence electrons. The predicted molar refractivity (Wildman–Crippen MR) is 62.9 cm³/mol. The van der Waals surface area contributed by atoms with Crippen molar-refractivity contribution in [3.63, 3.8) is 0 Å². The molecule has 1 saturated heterocycles. The predicted octanol–water partition coefficient (Wildman–Crippen LogP) is -0.0908. The van der Waals surface area contributed by atoms with Gasteiger partial charge in [-0.15, -0.1) is 0 Å². The highest BCUT2D eigenvalue weighted by Crippen LogP contribution is 2.13. The van der Waals surface area contributed by atoms with Gasteiger partial charge in [0.2, 0.25) is 21.8 Å². The number of halogens is 1. The molecule has 0 radical (unpaired) electrons. The van der Waals surface area contributed by atoms with Crippen molar-refractivity contribution in [2.24, 2.45) is 0 Å². The Kier molecular flexibility index (Phi) is 3.63. The van der Waals surface area contributed by atoms with Crippen LogP contribution in [-0.4, -0.2) is 26.3 Å². The molecule has 1 aromatic carbocycles. The number of amides is 2. The Balaban J connectivity index is 2.15. The van der Waals surface area contributed by atoms with Crippen LogP contribution in [0.3, 0.4) is 0 Å². The minimum Gasteiger partial charge on any atom is -0.295 e. The first-order chi connectivity index (χ1) is 8.88. The van der Waals surface area contributed by atoms with Gasteiger partial charge in [0.15, 0.2) is 0 Å². The Labute approximate surface area is 109 Å². The summed E-state index contributed by atoms with van der Waals surface area (Å²) in [5.41, 5.74) is 0. The van der Waals surface area contributed by atoms with Gasteiger partial charge in [-0.25, -0.2) is 12.8 Å². The summed E-state index contributed by atoms with van der Waals surface area (Å²) in [6, 6.07) is 3.23.